The maximum atomic E-state index is 14.2. The Labute approximate surface area is 170 Å². The lowest BCUT2D eigenvalue weighted by atomic mass is 10.1. The van der Waals surface area contributed by atoms with Crippen LogP contribution in [0, 0.1) is 12.7 Å². The molecule has 29 heavy (non-hydrogen) atoms. The quantitative estimate of drug-likeness (QED) is 0.570. The molecule has 0 spiro atoms. The lowest BCUT2D eigenvalue weighted by Gasteiger charge is -2.17. The zero-order chi connectivity index (χ0) is 20.7. The van der Waals surface area contributed by atoms with Crippen LogP contribution >= 0.6 is 11.6 Å². The summed E-state index contributed by atoms with van der Waals surface area (Å²) in [5.41, 5.74) is 0.894. The molecule has 1 aliphatic rings. The molecule has 3 aromatic rings. The predicted octanol–water partition coefficient (Wildman–Crippen LogP) is 1.94. The number of nitrogens with one attached hydrogen (secondary N) is 1. The third-order valence-electron chi connectivity index (χ3n) is 4.66. The fourth-order valence-corrected chi connectivity index (χ4v) is 3.44. The number of ether oxygens (including phenoxy) is 2. The van der Waals surface area contributed by atoms with Crippen LogP contribution in [0.4, 0.5) is 15.9 Å². The molecular formula is C18H19ClFN5O4. The average molecular weight is 424 g/mol. The van der Waals surface area contributed by atoms with Gasteiger partial charge in [-0.3, -0.25) is 4.57 Å². The molecular weight excluding hydrogens is 405 g/mol. The van der Waals surface area contributed by atoms with Crippen molar-refractivity contribution in [3.05, 3.63) is 41.2 Å². The van der Waals surface area contributed by atoms with E-state index in [0.29, 0.717) is 17.0 Å². The van der Waals surface area contributed by atoms with Gasteiger partial charge in [-0.05, 0) is 25.1 Å². The van der Waals surface area contributed by atoms with Gasteiger partial charge in [-0.1, -0.05) is 11.6 Å². The van der Waals surface area contributed by atoms with E-state index in [1.165, 1.54) is 30.1 Å². The van der Waals surface area contributed by atoms with Gasteiger partial charge >= 0.3 is 0 Å². The molecule has 3 heterocycles. The Kier molecular flexibility index (Phi) is 5.36. The summed E-state index contributed by atoms with van der Waals surface area (Å²) in [6, 6.07) is 4.23. The molecule has 0 aliphatic carbocycles. The number of aromatic nitrogens is 4. The van der Waals surface area contributed by atoms with Crippen LogP contribution in [0.1, 0.15) is 12.1 Å². The highest BCUT2D eigenvalue weighted by atomic mass is 35.5. The van der Waals surface area contributed by atoms with E-state index >= 15 is 0 Å². The van der Waals surface area contributed by atoms with Gasteiger partial charge in [0.25, 0.3) is 0 Å². The Morgan fingerprint density at radius 1 is 1.31 bits per heavy atom. The van der Waals surface area contributed by atoms with Crippen LogP contribution in [0.2, 0.25) is 5.02 Å². The first-order valence-electron chi connectivity index (χ1n) is 8.83. The van der Waals surface area contributed by atoms with E-state index in [2.05, 4.69) is 20.3 Å². The SMILES string of the molecule is COC[C@H]1O[C@@H](n2cnc3c(Nc4ccc(Cl)cc4F)nc(C)nc32)[C@H](O)[C@@H]1O. The van der Waals surface area contributed by atoms with E-state index in [0.717, 1.165) is 0 Å². The molecule has 4 rings (SSSR count). The number of hydrogen-bond acceptors (Lipinski definition) is 8. The van der Waals surface area contributed by atoms with E-state index in [1.807, 2.05) is 0 Å². The molecule has 3 N–H and O–H groups in total. The summed E-state index contributed by atoms with van der Waals surface area (Å²) in [5, 5.41) is 23.8. The molecule has 9 nitrogen and oxygen atoms in total. The first-order valence-corrected chi connectivity index (χ1v) is 9.20. The van der Waals surface area contributed by atoms with E-state index in [-0.39, 0.29) is 23.1 Å². The minimum Gasteiger partial charge on any atom is -0.387 e. The van der Waals surface area contributed by atoms with Crippen molar-refractivity contribution in [2.24, 2.45) is 0 Å². The number of fused-ring (bicyclic) bond motifs is 1. The fourth-order valence-electron chi connectivity index (χ4n) is 3.28. The molecule has 0 bridgehead atoms. The summed E-state index contributed by atoms with van der Waals surface area (Å²) in [6.07, 6.45) is -2.50. The van der Waals surface area contributed by atoms with Crippen molar-refractivity contribution < 1.29 is 24.1 Å². The highest BCUT2D eigenvalue weighted by Crippen LogP contribution is 2.33. The average Bonchev–Trinajstić information content (AvgIpc) is 3.20. The van der Waals surface area contributed by atoms with E-state index < -0.39 is 30.4 Å². The first kappa shape index (κ1) is 19.9. The summed E-state index contributed by atoms with van der Waals surface area (Å²) in [4.78, 5) is 13.0. The topological polar surface area (TPSA) is 115 Å². The minimum absolute atomic E-state index is 0.123. The van der Waals surface area contributed by atoms with E-state index in [4.69, 9.17) is 21.1 Å². The van der Waals surface area contributed by atoms with Gasteiger partial charge in [0.1, 0.15) is 30.0 Å². The zero-order valence-corrected chi connectivity index (χ0v) is 16.3. The lowest BCUT2D eigenvalue weighted by Crippen LogP contribution is -2.33. The Hall–Kier alpha value is -2.37. The molecule has 1 fully saturated rings. The van der Waals surface area contributed by atoms with Gasteiger partial charge in [-0.25, -0.2) is 19.3 Å². The number of anilines is 2. The van der Waals surface area contributed by atoms with Crippen LogP contribution in [0.15, 0.2) is 24.5 Å². The van der Waals surface area contributed by atoms with Crippen LogP contribution < -0.4 is 5.32 Å². The monoisotopic (exact) mass is 423 g/mol. The largest absolute Gasteiger partial charge is 0.387 e. The molecule has 0 amide bonds. The number of nitrogens with zero attached hydrogens (tertiary/aromatic N) is 4. The number of imidazole rings is 1. The van der Waals surface area contributed by atoms with Crippen molar-refractivity contribution in [2.45, 2.75) is 31.5 Å². The number of aliphatic hydroxyl groups is 2. The Balaban J connectivity index is 1.72. The zero-order valence-electron chi connectivity index (χ0n) is 15.6. The second-order valence-electron chi connectivity index (χ2n) is 6.69. The number of benzene rings is 1. The number of aliphatic hydroxyl groups excluding tert-OH is 2. The van der Waals surface area contributed by atoms with E-state index in [1.54, 1.807) is 13.0 Å². The van der Waals surface area contributed by atoms with Crippen LogP contribution in [-0.4, -0.2) is 61.8 Å². The summed E-state index contributed by atoms with van der Waals surface area (Å²) in [5.74, 6) is 0.146. The molecule has 11 heteroatoms. The molecule has 0 saturated carbocycles. The Bertz CT molecular complexity index is 1050. The number of methoxy groups -OCH3 is 1. The van der Waals surface area contributed by atoms with Gasteiger partial charge in [0.15, 0.2) is 23.2 Å². The molecule has 154 valence electrons. The van der Waals surface area contributed by atoms with Gasteiger partial charge in [0.2, 0.25) is 0 Å². The smallest absolute Gasteiger partial charge is 0.167 e. The second-order valence-corrected chi connectivity index (χ2v) is 7.13. The van der Waals surface area contributed by atoms with Crippen molar-refractivity contribution in [2.75, 3.05) is 19.0 Å². The number of hydrogen-bond donors (Lipinski definition) is 3. The maximum Gasteiger partial charge on any atom is 0.167 e. The molecule has 0 radical (unpaired) electrons. The fraction of sp³-hybridized carbons (Fsp3) is 0.389. The van der Waals surface area contributed by atoms with Gasteiger partial charge in [0, 0.05) is 12.1 Å². The van der Waals surface area contributed by atoms with Crippen molar-refractivity contribution >= 4 is 34.3 Å². The molecule has 4 atom stereocenters. The van der Waals surface area contributed by atoms with Crippen molar-refractivity contribution in [3.63, 3.8) is 0 Å². The van der Waals surface area contributed by atoms with Crippen LogP contribution in [0.25, 0.3) is 11.2 Å². The molecule has 1 aliphatic heterocycles. The van der Waals surface area contributed by atoms with E-state index in [9.17, 15) is 14.6 Å². The number of rotatable bonds is 5. The summed E-state index contributed by atoms with van der Waals surface area (Å²) < 4.78 is 26.5. The molecule has 1 saturated heterocycles. The normalized spacial score (nSPS) is 24.3. The van der Waals surface area contributed by atoms with Gasteiger partial charge < -0.3 is 25.0 Å². The van der Waals surface area contributed by atoms with Crippen molar-refractivity contribution in [1.82, 2.24) is 19.5 Å². The molecule has 1 aromatic carbocycles. The summed E-state index contributed by atoms with van der Waals surface area (Å²) >= 11 is 5.80. The van der Waals surface area contributed by atoms with Crippen molar-refractivity contribution in [1.29, 1.82) is 0 Å². The third kappa shape index (κ3) is 3.65. The standard InChI is InChI=1S/C18H19ClFN5O4/c1-8-22-16(24-11-4-3-9(19)5-10(11)20)13-17(23-8)25(7-21-13)18-15(27)14(26)12(29-18)6-28-2/h3-5,7,12,14-15,18,26-27H,6H2,1-2H3,(H,22,23,24)/t12-,14-,15-,18-/m1/s1. The van der Waals surface area contributed by atoms with Gasteiger partial charge in [0.05, 0.1) is 18.6 Å². The van der Waals surface area contributed by atoms with Crippen LogP contribution in [0.3, 0.4) is 0 Å². The molecule has 2 aromatic heterocycles. The highest BCUT2D eigenvalue weighted by molar-refractivity contribution is 6.30. The van der Waals surface area contributed by atoms with Crippen molar-refractivity contribution in [3.8, 4) is 0 Å². The maximum absolute atomic E-state index is 14.2. The number of halogens is 2. The summed E-state index contributed by atoms with van der Waals surface area (Å²) in [7, 11) is 1.48. The Morgan fingerprint density at radius 3 is 2.83 bits per heavy atom. The Morgan fingerprint density at radius 2 is 2.10 bits per heavy atom. The molecule has 0 unspecified atom stereocenters. The first-order chi connectivity index (χ1) is 13.9. The van der Waals surface area contributed by atoms with Crippen LogP contribution in [0.5, 0.6) is 0 Å². The number of aryl methyl sites for hydroxylation is 1. The van der Waals surface area contributed by atoms with Gasteiger partial charge in [-0.2, -0.15) is 0 Å². The minimum atomic E-state index is -1.20. The van der Waals surface area contributed by atoms with Crippen LogP contribution in [-0.2, 0) is 9.47 Å². The predicted molar refractivity (Wildman–Crippen MR) is 103 cm³/mol. The lowest BCUT2D eigenvalue weighted by molar-refractivity contribution is -0.0580. The highest BCUT2D eigenvalue weighted by Gasteiger charge is 2.44. The second kappa shape index (κ2) is 7.81. The van der Waals surface area contributed by atoms with Gasteiger partial charge in [-0.15, -0.1) is 0 Å². The summed E-state index contributed by atoms with van der Waals surface area (Å²) in [6.45, 7) is 1.80. The third-order valence-corrected chi connectivity index (χ3v) is 4.89.